The molecule has 1 aromatic rings. The van der Waals surface area contributed by atoms with Crippen LogP contribution in [0.25, 0.3) is 0 Å². The highest BCUT2D eigenvalue weighted by atomic mass is 16.3. The molecule has 0 spiro atoms. The molecule has 0 aliphatic carbocycles. The van der Waals surface area contributed by atoms with Crippen molar-refractivity contribution in [1.82, 2.24) is 20.5 Å². The van der Waals surface area contributed by atoms with E-state index in [-0.39, 0.29) is 11.9 Å². The summed E-state index contributed by atoms with van der Waals surface area (Å²) in [7, 11) is 0. The molecule has 2 saturated heterocycles. The van der Waals surface area contributed by atoms with Gasteiger partial charge < -0.3 is 20.0 Å². The van der Waals surface area contributed by atoms with Gasteiger partial charge in [0.1, 0.15) is 6.26 Å². The minimum absolute atomic E-state index is 0.0236. The lowest BCUT2D eigenvalue weighted by Gasteiger charge is -2.26. The van der Waals surface area contributed by atoms with Crippen molar-refractivity contribution in [3.63, 3.8) is 0 Å². The molecule has 2 aliphatic rings. The lowest BCUT2D eigenvalue weighted by molar-refractivity contribution is 0.0730. The van der Waals surface area contributed by atoms with E-state index in [0.717, 1.165) is 45.6 Å². The van der Waals surface area contributed by atoms with Crippen LogP contribution in [0.5, 0.6) is 0 Å². The minimum Gasteiger partial charge on any atom is -0.446 e. The summed E-state index contributed by atoms with van der Waals surface area (Å²) in [5.74, 6) is 0.621. The molecule has 1 amide bonds. The van der Waals surface area contributed by atoms with Gasteiger partial charge in [0.25, 0.3) is 5.91 Å². The molecule has 1 atom stereocenters. The lowest BCUT2D eigenvalue weighted by Crippen LogP contribution is -2.46. The summed E-state index contributed by atoms with van der Waals surface area (Å²) in [6, 6.07) is 0.176. The Bertz CT molecular complexity index is 419. The van der Waals surface area contributed by atoms with Crippen molar-refractivity contribution in [2.75, 3.05) is 32.7 Å². The highest BCUT2D eigenvalue weighted by molar-refractivity contribution is 5.92. The van der Waals surface area contributed by atoms with Crippen LogP contribution in [0, 0.1) is 0 Å². The number of amides is 1. The fraction of sp³-hybridized carbons (Fsp3) is 0.667. The number of carbonyl (C=O) groups is 1. The molecule has 0 aromatic carbocycles. The van der Waals surface area contributed by atoms with Crippen LogP contribution >= 0.6 is 0 Å². The Morgan fingerprint density at radius 3 is 2.94 bits per heavy atom. The van der Waals surface area contributed by atoms with Crippen molar-refractivity contribution < 1.29 is 9.21 Å². The quantitative estimate of drug-likeness (QED) is 0.781. The van der Waals surface area contributed by atoms with Crippen molar-refractivity contribution in [2.24, 2.45) is 0 Å². The van der Waals surface area contributed by atoms with Crippen LogP contribution in [0.15, 0.2) is 10.7 Å². The fourth-order valence-corrected chi connectivity index (χ4v) is 2.47. The highest BCUT2D eigenvalue weighted by Crippen LogP contribution is 2.22. The number of hydrogen-bond donors (Lipinski definition) is 2. The van der Waals surface area contributed by atoms with Gasteiger partial charge in [-0.05, 0) is 19.4 Å². The molecule has 0 radical (unpaired) electrons. The van der Waals surface area contributed by atoms with Gasteiger partial charge in [-0.3, -0.25) is 4.79 Å². The summed E-state index contributed by atoms with van der Waals surface area (Å²) >= 11 is 0. The van der Waals surface area contributed by atoms with Crippen molar-refractivity contribution >= 4 is 5.91 Å². The molecule has 2 fully saturated rings. The van der Waals surface area contributed by atoms with E-state index >= 15 is 0 Å². The number of hydrogen-bond acceptors (Lipinski definition) is 5. The number of oxazole rings is 1. The average molecular weight is 250 g/mol. The zero-order valence-electron chi connectivity index (χ0n) is 10.3. The van der Waals surface area contributed by atoms with Crippen LogP contribution in [0.2, 0.25) is 0 Å². The summed E-state index contributed by atoms with van der Waals surface area (Å²) in [6.45, 7) is 4.17. The first-order valence-corrected chi connectivity index (χ1v) is 6.53. The molecular formula is C12H18N4O2. The summed E-state index contributed by atoms with van der Waals surface area (Å²) in [5, 5.41) is 6.54. The monoisotopic (exact) mass is 250 g/mol. The Kier molecular flexibility index (Phi) is 3.29. The normalized spacial score (nSPS) is 24.4. The molecule has 6 heteroatoms. The Morgan fingerprint density at radius 2 is 2.22 bits per heavy atom. The van der Waals surface area contributed by atoms with E-state index in [9.17, 15) is 4.79 Å². The number of nitrogens with one attached hydrogen (secondary N) is 2. The maximum atomic E-state index is 12.2. The summed E-state index contributed by atoms with van der Waals surface area (Å²) < 4.78 is 5.42. The highest BCUT2D eigenvalue weighted by Gasteiger charge is 2.25. The van der Waals surface area contributed by atoms with Crippen LogP contribution in [0.4, 0.5) is 0 Å². The summed E-state index contributed by atoms with van der Waals surface area (Å²) in [5.41, 5.74) is 0.431. The van der Waals surface area contributed by atoms with E-state index < -0.39 is 0 Å². The molecule has 18 heavy (non-hydrogen) atoms. The van der Waals surface area contributed by atoms with Gasteiger partial charge in [0.2, 0.25) is 5.89 Å². The topological polar surface area (TPSA) is 70.4 Å². The van der Waals surface area contributed by atoms with Gasteiger partial charge in [-0.2, -0.15) is 0 Å². The second-order valence-corrected chi connectivity index (χ2v) is 4.76. The zero-order chi connectivity index (χ0) is 12.4. The Morgan fingerprint density at radius 1 is 1.39 bits per heavy atom. The van der Waals surface area contributed by atoms with Crippen LogP contribution in [0.1, 0.15) is 35.3 Å². The van der Waals surface area contributed by atoms with Crippen LogP contribution in [0.3, 0.4) is 0 Å². The van der Waals surface area contributed by atoms with E-state index in [2.05, 4.69) is 15.6 Å². The number of carbonyl (C=O) groups excluding carboxylic acids is 1. The SMILES string of the molecule is O=C(c1coc(C2CCCN2)n1)N1CCNCC1. The number of rotatable bonds is 2. The molecule has 2 aliphatic heterocycles. The standard InChI is InChI=1S/C12H18N4O2/c17-12(16-6-4-13-5-7-16)10-8-18-11(15-10)9-2-1-3-14-9/h8-9,13-14H,1-7H2. The van der Waals surface area contributed by atoms with Crippen LogP contribution in [-0.2, 0) is 0 Å². The molecule has 2 N–H and O–H groups in total. The maximum Gasteiger partial charge on any atom is 0.275 e. The molecule has 6 nitrogen and oxygen atoms in total. The number of nitrogens with zero attached hydrogens (tertiary/aromatic N) is 2. The third kappa shape index (κ3) is 2.26. The van der Waals surface area contributed by atoms with Crippen molar-refractivity contribution in [3.05, 3.63) is 17.8 Å². The van der Waals surface area contributed by atoms with E-state index in [1.54, 1.807) is 0 Å². The minimum atomic E-state index is -0.0236. The molecule has 1 aromatic heterocycles. The van der Waals surface area contributed by atoms with E-state index in [0.29, 0.717) is 11.6 Å². The van der Waals surface area contributed by atoms with Crippen LogP contribution < -0.4 is 10.6 Å². The van der Waals surface area contributed by atoms with Gasteiger partial charge in [-0.1, -0.05) is 0 Å². The maximum absolute atomic E-state index is 12.2. The first kappa shape index (κ1) is 11.7. The Labute approximate surface area is 106 Å². The molecule has 1 unspecified atom stereocenters. The zero-order valence-corrected chi connectivity index (χ0v) is 10.3. The van der Waals surface area contributed by atoms with Gasteiger partial charge in [0.15, 0.2) is 5.69 Å². The van der Waals surface area contributed by atoms with Crippen LogP contribution in [-0.4, -0.2) is 48.5 Å². The van der Waals surface area contributed by atoms with Crippen molar-refractivity contribution in [1.29, 1.82) is 0 Å². The second-order valence-electron chi connectivity index (χ2n) is 4.76. The number of piperazine rings is 1. The first-order chi connectivity index (χ1) is 8.84. The molecular weight excluding hydrogens is 232 g/mol. The van der Waals surface area contributed by atoms with Gasteiger partial charge >= 0.3 is 0 Å². The lowest BCUT2D eigenvalue weighted by atomic mass is 10.2. The average Bonchev–Trinajstić information content (AvgIpc) is 3.09. The first-order valence-electron chi connectivity index (χ1n) is 6.53. The third-order valence-corrected chi connectivity index (χ3v) is 3.50. The molecule has 0 bridgehead atoms. The molecule has 0 saturated carbocycles. The largest absolute Gasteiger partial charge is 0.446 e. The van der Waals surface area contributed by atoms with E-state index in [1.807, 2.05) is 4.90 Å². The Hall–Kier alpha value is -1.40. The van der Waals surface area contributed by atoms with Gasteiger partial charge in [-0.15, -0.1) is 0 Å². The van der Waals surface area contributed by atoms with Gasteiger partial charge in [0.05, 0.1) is 6.04 Å². The number of aromatic nitrogens is 1. The van der Waals surface area contributed by atoms with Crippen molar-refractivity contribution in [2.45, 2.75) is 18.9 Å². The van der Waals surface area contributed by atoms with Gasteiger partial charge in [0, 0.05) is 26.2 Å². The molecule has 98 valence electrons. The predicted molar refractivity (Wildman–Crippen MR) is 65.3 cm³/mol. The van der Waals surface area contributed by atoms with E-state index in [4.69, 9.17) is 4.42 Å². The van der Waals surface area contributed by atoms with Crippen molar-refractivity contribution in [3.8, 4) is 0 Å². The van der Waals surface area contributed by atoms with E-state index in [1.165, 1.54) is 6.26 Å². The summed E-state index contributed by atoms with van der Waals surface area (Å²) in [6.07, 6.45) is 3.65. The smallest absolute Gasteiger partial charge is 0.275 e. The Balaban J connectivity index is 1.69. The predicted octanol–water partition coefficient (Wildman–Crippen LogP) is 0.145. The third-order valence-electron chi connectivity index (χ3n) is 3.50. The fourth-order valence-electron chi connectivity index (χ4n) is 2.47. The molecule has 3 heterocycles. The summed E-state index contributed by atoms with van der Waals surface area (Å²) in [4.78, 5) is 18.3. The molecule has 3 rings (SSSR count). The second kappa shape index (κ2) is 5.07. The van der Waals surface area contributed by atoms with Gasteiger partial charge in [-0.25, -0.2) is 4.98 Å².